The third kappa shape index (κ3) is 2.94. The van der Waals surface area contributed by atoms with Crippen LogP contribution in [0, 0.1) is 11.3 Å². The zero-order valence-corrected chi connectivity index (χ0v) is 9.64. The smallest absolute Gasteiger partial charge is 0.220 e. The number of carbonyl (C=O) groups is 1. The summed E-state index contributed by atoms with van der Waals surface area (Å²) >= 11 is 0. The highest BCUT2D eigenvalue weighted by molar-refractivity contribution is 5.76. The lowest BCUT2D eigenvalue weighted by molar-refractivity contribution is -0.122. The van der Waals surface area contributed by atoms with Crippen LogP contribution in [-0.4, -0.2) is 25.5 Å². The molecule has 1 aliphatic carbocycles. The predicted molar refractivity (Wildman–Crippen MR) is 60.6 cm³/mol. The topological polar surface area (TPSA) is 41.1 Å². The third-order valence-electron chi connectivity index (χ3n) is 3.86. The van der Waals surface area contributed by atoms with Crippen molar-refractivity contribution >= 4 is 5.91 Å². The molecule has 2 fully saturated rings. The number of carbonyl (C=O) groups excluding carboxylic acids is 1. The fourth-order valence-electron chi connectivity index (χ4n) is 2.54. The van der Waals surface area contributed by atoms with Gasteiger partial charge in [0.1, 0.15) is 0 Å². The van der Waals surface area contributed by atoms with Gasteiger partial charge < -0.3 is 10.6 Å². The number of rotatable bonds is 4. The minimum Gasteiger partial charge on any atom is -0.356 e. The van der Waals surface area contributed by atoms with Crippen molar-refractivity contribution in [3.05, 3.63) is 0 Å². The molecule has 1 aliphatic heterocycles. The molecule has 2 aliphatic rings. The van der Waals surface area contributed by atoms with Gasteiger partial charge >= 0.3 is 0 Å². The Bertz CT molecular complexity index is 230. The van der Waals surface area contributed by atoms with Gasteiger partial charge in [-0.05, 0) is 37.3 Å². The lowest BCUT2D eigenvalue weighted by Crippen LogP contribution is -2.45. The van der Waals surface area contributed by atoms with Crippen LogP contribution in [0.1, 0.15) is 39.0 Å². The molecule has 2 rings (SSSR count). The first-order chi connectivity index (χ1) is 7.18. The average molecular weight is 210 g/mol. The molecule has 0 aromatic heterocycles. The van der Waals surface area contributed by atoms with E-state index >= 15 is 0 Å². The average Bonchev–Trinajstić information content (AvgIpc) is 2.57. The zero-order valence-electron chi connectivity index (χ0n) is 9.64. The predicted octanol–water partition coefficient (Wildman–Crippen LogP) is 1.29. The second-order valence-corrected chi connectivity index (χ2v) is 5.52. The molecule has 15 heavy (non-hydrogen) atoms. The van der Waals surface area contributed by atoms with E-state index in [2.05, 4.69) is 17.6 Å². The van der Waals surface area contributed by atoms with Gasteiger partial charge in [-0.1, -0.05) is 19.8 Å². The summed E-state index contributed by atoms with van der Waals surface area (Å²) in [5.41, 5.74) is 0.382. The quantitative estimate of drug-likeness (QED) is 0.734. The van der Waals surface area contributed by atoms with Crippen LogP contribution in [-0.2, 0) is 4.79 Å². The normalized spacial score (nSPS) is 24.9. The van der Waals surface area contributed by atoms with E-state index in [0.717, 1.165) is 19.6 Å². The highest BCUT2D eigenvalue weighted by atomic mass is 16.1. The molecule has 3 heteroatoms. The van der Waals surface area contributed by atoms with Gasteiger partial charge in [-0.25, -0.2) is 0 Å². The monoisotopic (exact) mass is 210 g/mol. The van der Waals surface area contributed by atoms with Crippen LogP contribution >= 0.6 is 0 Å². The molecule has 0 aromatic carbocycles. The Morgan fingerprint density at radius 1 is 1.40 bits per heavy atom. The van der Waals surface area contributed by atoms with Gasteiger partial charge in [-0.3, -0.25) is 4.79 Å². The van der Waals surface area contributed by atoms with Crippen molar-refractivity contribution < 1.29 is 4.79 Å². The highest BCUT2D eigenvalue weighted by Gasteiger charge is 2.29. The molecular weight excluding hydrogens is 188 g/mol. The second-order valence-electron chi connectivity index (χ2n) is 5.52. The van der Waals surface area contributed by atoms with Crippen molar-refractivity contribution in [2.24, 2.45) is 11.3 Å². The summed E-state index contributed by atoms with van der Waals surface area (Å²) in [7, 11) is 0. The first-order valence-corrected chi connectivity index (χ1v) is 6.15. The molecule has 0 spiro atoms. The summed E-state index contributed by atoms with van der Waals surface area (Å²) in [6, 6.07) is 0. The van der Waals surface area contributed by atoms with Crippen LogP contribution in [0.5, 0.6) is 0 Å². The molecular formula is C12H22N2O. The molecule has 0 aromatic rings. The number of hydrogen-bond acceptors (Lipinski definition) is 2. The van der Waals surface area contributed by atoms with Gasteiger partial charge in [0, 0.05) is 13.0 Å². The molecule has 1 heterocycles. The van der Waals surface area contributed by atoms with E-state index in [1.807, 2.05) is 0 Å². The SMILES string of the molecule is CC1(CNC(=O)CC2CNC2)CCCC1. The Morgan fingerprint density at radius 3 is 2.60 bits per heavy atom. The maximum Gasteiger partial charge on any atom is 0.220 e. The molecule has 1 saturated heterocycles. The van der Waals surface area contributed by atoms with Gasteiger partial charge in [-0.2, -0.15) is 0 Å². The van der Waals surface area contributed by atoms with Gasteiger partial charge in [0.25, 0.3) is 0 Å². The molecule has 1 saturated carbocycles. The van der Waals surface area contributed by atoms with E-state index in [1.54, 1.807) is 0 Å². The lowest BCUT2D eigenvalue weighted by atomic mass is 9.88. The summed E-state index contributed by atoms with van der Waals surface area (Å²) in [6.07, 6.45) is 5.93. The van der Waals surface area contributed by atoms with Crippen molar-refractivity contribution in [1.82, 2.24) is 10.6 Å². The van der Waals surface area contributed by atoms with Crippen LogP contribution in [0.2, 0.25) is 0 Å². The summed E-state index contributed by atoms with van der Waals surface area (Å²) in [4.78, 5) is 11.6. The Balaban J connectivity index is 1.65. The van der Waals surface area contributed by atoms with Crippen LogP contribution < -0.4 is 10.6 Å². The van der Waals surface area contributed by atoms with Crippen molar-refractivity contribution in [2.75, 3.05) is 19.6 Å². The number of nitrogens with one attached hydrogen (secondary N) is 2. The van der Waals surface area contributed by atoms with E-state index in [1.165, 1.54) is 25.7 Å². The van der Waals surface area contributed by atoms with Gasteiger partial charge in [0.15, 0.2) is 0 Å². The van der Waals surface area contributed by atoms with Crippen molar-refractivity contribution in [2.45, 2.75) is 39.0 Å². The fourth-order valence-corrected chi connectivity index (χ4v) is 2.54. The maximum atomic E-state index is 11.6. The highest BCUT2D eigenvalue weighted by Crippen LogP contribution is 2.36. The number of amides is 1. The first-order valence-electron chi connectivity index (χ1n) is 6.15. The van der Waals surface area contributed by atoms with E-state index in [4.69, 9.17) is 0 Å². The van der Waals surface area contributed by atoms with Gasteiger partial charge in [0.05, 0.1) is 0 Å². The van der Waals surface area contributed by atoms with E-state index < -0.39 is 0 Å². The molecule has 0 atom stereocenters. The fraction of sp³-hybridized carbons (Fsp3) is 0.917. The zero-order chi connectivity index (χ0) is 10.7. The summed E-state index contributed by atoms with van der Waals surface area (Å²) in [5.74, 6) is 0.830. The van der Waals surface area contributed by atoms with Crippen molar-refractivity contribution in [1.29, 1.82) is 0 Å². The molecule has 86 valence electrons. The van der Waals surface area contributed by atoms with Crippen LogP contribution in [0.25, 0.3) is 0 Å². The minimum absolute atomic E-state index is 0.245. The standard InChI is InChI=1S/C12H22N2O/c1-12(4-2-3-5-12)9-14-11(15)6-10-7-13-8-10/h10,13H,2-9H2,1H3,(H,14,15). The first kappa shape index (κ1) is 10.9. The van der Waals surface area contributed by atoms with E-state index in [9.17, 15) is 4.79 Å². The van der Waals surface area contributed by atoms with Crippen LogP contribution in [0.4, 0.5) is 0 Å². The molecule has 2 N–H and O–H groups in total. The van der Waals surface area contributed by atoms with Crippen molar-refractivity contribution in [3.8, 4) is 0 Å². The van der Waals surface area contributed by atoms with Crippen LogP contribution in [0.15, 0.2) is 0 Å². The molecule has 0 bridgehead atoms. The summed E-state index contributed by atoms with van der Waals surface area (Å²) in [6.45, 7) is 5.21. The van der Waals surface area contributed by atoms with Crippen LogP contribution in [0.3, 0.4) is 0 Å². The Kier molecular flexibility index (Phi) is 3.29. The molecule has 0 unspecified atom stereocenters. The van der Waals surface area contributed by atoms with Gasteiger partial charge in [-0.15, -0.1) is 0 Å². The molecule has 0 radical (unpaired) electrons. The summed E-state index contributed by atoms with van der Waals surface area (Å²) in [5, 5.41) is 6.29. The van der Waals surface area contributed by atoms with Crippen molar-refractivity contribution in [3.63, 3.8) is 0 Å². The lowest BCUT2D eigenvalue weighted by Gasteiger charge is -2.28. The Labute approximate surface area is 92.0 Å². The number of hydrogen-bond donors (Lipinski definition) is 2. The van der Waals surface area contributed by atoms with E-state index in [-0.39, 0.29) is 5.91 Å². The maximum absolute atomic E-state index is 11.6. The Hall–Kier alpha value is -0.570. The summed E-state index contributed by atoms with van der Waals surface area (Å²) < 4.78 is 0. The Morgan fingerprint density at radius 2 is 2.07 bits per heavy atom. The second kappa shape index (κ2) is 4.52. The minimum atomic E-state index is 0.245. The largest absolute Gasteiger partial charge is 0.356 e. The third-order valence-corrected chi connectivity index (χ3v) is 3.86. The van der Waals surface area contributed by atoms with E-state index in [0.29, 0.717) is 17.8 Å². The molecule has 3 nitrogen and oxygen atoms in total. The van der Waals surface area contributed by atoms with Gasteiger partial charge in [0.2, 0.25) is 5.91 Å². The molecule has 1 amide bonds.